The fourth-order valence-corrected chi connectivity index (χ4v) is 1.21. The number of aromatic nitrogens is 1. The second kappa shape index (κ2) is 4.94. The topological polar surface area (TPSA) is 53.4 Å². The molecule has 1 aromatic heterocycles. The van der Waals surface area contributed by atoms with Crippen LogP contribution in [0, 0.1) is 6.92 Å². The predicted octanol–water partition coefficient (Wildman–Crippen LogP) is 1.20. The Hall–Kier alpha value is -0.930. The van der Waals surface area contributed by atoms with E-state index in [0.717, 1.165) is 11.1 Å². The second-order valence-electron chi connectivity index (χ2n) is 3.18. The molecule has 1 unspecified atom stereocenters. The van der Waals surface area contributed by atoms with E-state index < -0.39 is 6.10 Å². The van der Waals surface area contributed by atoms with Crippen LogP contribution in [-0.2, 0) is 0 Å². The lowest BCUT2D eigenvalue weighted by atomic mass is 10.1. The van der Waals surface area contributed by atoms with Crippen LogP contribution in [0.2, 0.25) is 0 Å². The molecule has 0 aliphatic carbocycles. The average molecular weight is 181 g/mol. The molecule has 2 N–H and O–H groups in total. The number of rotatable bonds is 4. The summed E-state index contributed by atoms with van der Waals surface area (Å²) in [6, 6.07) is 1.91. The lowest BCUT2D eigenvalue weighted by Gasteiger charge is -2.09. The quantitative estimate of drug-likeness (QED) is 0.733. The van der Waals surface area contributed by atoms with Crippen molar-refractivity contribution in [2.24, 2.45) is 0 Å². The van der Waals surface area contributed by atoms with Crippen molar-refractivity contribution in [1.29, 1.82) is 0 Å². The van der Waals surface area contributed by atoms with Crippen molar-refractivity contribution in [3.8, 4) is 0 Å². The van der Waals surface area contributed by atoms with Gasteiger partial charge in [-0.25, -0.2) is 0 Å². The van der Waals surface area contributed by atoms with Gasteiger partial charge in [0.2, 0.25) is 0 Å². The molecule has 3 nitrogen and oxygen atoms in total. The zero-order valence-electron chi connectivity index (χ0n) is 7.77. The van der Waals surface area contributed by atoms with Crippen LogP contribution in [0.1, 0.15) is 30.1 Å². The van der Waals surface area contributed by atoms with Crippen LogP contribution in [0.15, 0.2) is 18.5 Å². The van der Waals surface area contributed by atoms with Gasteiger partial charge in [0.25, 0.3) is 0 Å². The summed E-state index contributed by atoms with van der Waals surface area (Å²) >= 11 is 0. The van der Waals surface area contributed by atoms with Gasteiger partial charge in [-0.2, -0.15) is 0 Å². The van der Waals surface area contributed by atoms with Gasteiger partial charge < -0.3 is 10.2 Å². The van der Waals surface area contributed by atoms with Crippen LogP contribution < -0.4 is 0 Å². The molecule has 0 amide bonds. The van der Waals surface area contributed by atoms with Gasteiger partial charge in [0.15, 0.2) is 0 Å². The molecule has 0 aliphatic heterocycles. The summed E-state index contributed by atoms with van der Waals surface area (Å²) in [5.41, 5.74) is 1.87. The molecule has 0 aromatic carbocycles. The maximum atomic E-state index is 9.62. The molecule has 3 heteroatoms. The Morgan fingerprint density at radius 3 is 2.85 bits per heavy atom. The van der Waals surface area contributed by atoms with Gasteiger partial charge >= 0.3 is 0 Å². The highest BCUT2D eigenvalue weighted by atomic mass is 16.3. The first-order valence-electron chi connectivity index (χ1n) is 4.44. The zero-order valence-corrected chi connectivity index (χ0v) is 7.77. The van der Waals surface area contributed by atoms with E-state index in [1.807, 2.05) is 13.0 Å². The number of aliphatic hydroxyl groups excluding tert-OH is 2. The number of hydrogen-bond acceptors (Lipinski definition) is 3. The van der Waals surface area contributed by atoms with E-state index in [4.69, 9.17) is 5.11 Å². The smallest absolute Gasteiger partial charge is 0.0805 e. The number of aryl methyl sites for hydroxylation is 1. The van der Waals surface area contributed by atoms with Gasteiger partial charge in [-0.05, 0) is 30.9 Å². The Kier molecular flexibility index (Phi) is 3.86. The third-order valence-corrected chi connectivity index (χ3v) is 1.92. The van der Waals surface area contributed by atoms with E-state index in [1.54, 1.807) is 12.4 Å². The molecule has 1 aromatic rings. The summed E-state index contributed by atoms with van der Waals surface area (Å²) in [6.07, 6.45) is 4.12. The molecular formula is C10H15NO2. The van der Waals surface area contributed by atoms with Crippen LogP contribution in [0.25, 0.3) is 0 Å². The summed E-state index contributed by atoms with van der Waals surface area (Å²) in [5.74, 6) is 0. The minimum atomic E-state index is -0.500. The molecule has 1 heterocycles. The normalized spacial score (nSPS) is 12.8. The van der Waals surface area contributed by atoms with Crippen LogP contribution in [0.4, 0.5) is 0 Å². The largest absolute Gasteiger partial charge is 0.396 e. The highest BCUT2D eigenvalue weighted by molar-refractivity contribution is 5.18. The van der Waals surface area contributed by atoms with E-state index in [9.17, 15) is 5.11 Å². The molecule has 0 saturated heterocycles. The van der Waals surface area contributed by atoms with Gasteiger partial charge in [0, 0.05) is 19.0 Å². The standard InChI is InChI=1S/C10H15NO2/c1-8-5-9(7-11-6-8)10(13)3-2-4-12/h5-7,10,12-13H,2-4H2,1H3. The highest BCUT2D eigenvalue weighted by Crippen LogP contribution is 2.17. The molecule has 1 atom stereocenters. The lowest BCUT2D eigenvalue weighted by molar-refractivity contribution is 0.151. The Balaban J connectivity index is 2.60. The van der Waals surface area contributed by atoms with Crippen LogP contribution in [0.3, 0.4) is 0 Å². The lowest BCUT2D eigenvalue weighted by Crippen LogP contribution is -1.99. The van der Waals surface area contributed by atoms with Gasteiger partial charge in [-0.1, -0.05) is 6.07 Å². The number of aliphatic hydroxyl groups is 2. The third kappa shape index (κ3) is 3.13. The fraction of sp³-hybridized carbons (Fsp3) is 0.500. The van der Waals surface area contributed by atoms with Crippen LogP contribution in [-0.4, -0.2) is 21.8 Å². The van der Waals surface area contributed by atoms with Crippen LogP contribution in [0.5, 0.6) is 0 Å². The van der Waals surface area contributed by atoms with E-state index in [1.165, 1.54) is 0 Å². The van der Waals surface area contributed by atoms with Crippen molar-refractivity contribution in [2.45, 2.75) is 25.9 Å². The molecular weight excluding hydrogens is 166 g/mol. The summed E-state index contributed by atoms with van der Waals surface area (Å²) in [4.78, 5) is 3.99. The summed E-state index contributed by atoms with van der Waals surface area (Å²) in [7, 11) is 0. The van der Waals surface area contributed by atoms with Gasteiger partial charge in [-0.3, -0.25) is 4.98 Å². The Morgan fingerprint density at radius 1 is 1.46 bits per heavy atom. The monoisotopic (exact) mass is 181 g/mol. The number of hydrogen-bond donors (Lipinski definition) is 2. The summed E-state index contributed by atoms with van der Waals surface area (Å²) in [5, 5.41) is 18.2. The first-order chi connectivity index (χ1) is 6.24. The van der Waals surface area contributed by atoms with E-state index in [-0.39, 0.29) is 6.61 Å². The Labute approximate surface area is 78.1 Å². The average Bonchev–Trinajstić information content (AvgIpc) is 2.14. The van der Waals surface area contributed by atoms with Crippen molar-refractivity contribution < 1.29 is 10.2 Å². The molecule has 0 saturated carbocycles. The Bertz CT molecular complexity index is 263. The molecule has 0 aliphatic rings. The molecule has 13 heavy (non-hydrogen) atoms. The van der Waals surface area contributed by atoms with Gasteiger partial charge in [0.1, 0.15) is 0 Å². The zero-order chi connectivity index (χ0) is 9.68. The van der Waals surface area contributed by atoms with E-state index in [0.29, 0.717) is 12.8 Å². The highest BCUT2D eigenvalue weighted by Gasteiger charge is 2.06. The van der Waals surface area contributed by atoms with Crippen molar-refractivity contribution in [3.63, 3.8) is 0 Å². The predicted molar refractivity (Wildman–Crippen MR) is 50.3 cm³/mol. The van der Waals surface area contributed by atoms with Gasteiger partial charge in [-0.15, -0.1) is 0 Å². The molecule has 0 spiro atoms. The van der Waals surface area contributed by atoms with Crippen molar-refractivity contribution in [1.82, 2.24) is 4.98 Å². The minimum Gasteiger partial charge on any atom is -0.396 e. The molecule has 0 fully saturated rings. The second-order valence-corrected chi connectivity index (χ2v) is 3.18. The SMILES string of the molecule is Cc1cncc(C(O)CCCO)c1. The maximum Gasteiger partial charge on any atom is 0.0805 e. The minimum absolute atomic E-state index is 0.121. The third-order valence-electron chi connectivity index (χ3n) is 1.92. The first-order valence-corrected chi connectivity index (χ1v) is 4.44. The first kappa shape index (κ1) is 10.2. The Morgan fingerprint density at radius 2 is 2.23 bits per heavy atom. The van der Waals surface area contributed by atoms with Crippen LogP contribution >= 0.6 is 0 Å². The maximum absolute atomic E-state index is 9.62. The molecule has 0 bridgehead atoms. The molecule has 72 valence electrons. The van der Waals surface area contributed by atoms with Crippen molar-refractivity contribution in [2.75, 3.05) is 6.61 Å². The van der Waals surface area contributed by atoms with Crippen molar-refractivity contribution in [3.05, 3.63) is 29.6 Å². The van der Waals surface area contributed by atoms with Crippen molar-refractivity contribution >= 4 is 0 Å². The summed E-state index contributed by atoms with van der Waals surface area (Å²) in [6.45, 7) is 2.06. The fourth-order valence-electron chi connectivity index (χ4n) is 1.21. The van der Waals surface area contributed by atoms with Gasteiger partial charge in [0.05, 0.1) is 6.10 Å². The molecule has 1 rings (SSSR count). The molecule has 0 radical (unpaired) electrons. The summed E-state index contributed by atoms with van der Waals surface area (Å²) < 4.78 is 0. The van der Waals surface area contributed by atoms with E-state index >= 15 is 0 Å². The van der Waals surface area contributed by atoms with E-state index in [2.05, 4.69) is 4.98 Å². The number of nitrogens with zero attached hydrogens (tertiary/aromatic N) is 1. The number of pyridine rings is 1.